The molecule has 25 heavy (non-hydrogen) atoms. The summed E-state index contributed by atoms with van der Waals surface area (Å²) in [6.07, 6.45) is 4.22. The Hall–Kier alpha value is -3.01. The number of aromatic nitrogens is 1. The van der Waals surface area contributed by atoms with E-state index in [1.54, 1.807) is 17.3 Å². The number of pyridine rings is 1. The molecule has 3 aromatic rings. The Balaban J connectivity index is 1.77. The molecule has 3 nitrogen and oxygen atoms in total. The third kappa shape index (κ3) is 4.73. The summed E-state index contributed by atoms with van der Waals surface area (Å²) in [7, 11) is 0. The van der Waals surface area contributed by atoms with E-state index in [-0.39, 0.29) is 11.7 Å². The number of amides is 1. The quantitative estimate of drug-likeness (QED) is 0.680. The predicted octanol–water partition coefficient (Wildman–Crippen LogP) is 4.11. The fourth-order valence-corrected chi connectivity index (χ4v) is 2.65. The lowest BCUT2D eigenvalue weighted by atomic mass is 10.1. The maximum Gasteiger partial charge on any atom is 0.254 e. The van der Waals surface area contributed by atoms with Gasteiger partial charge in [-0.2, -0.15) is 0 Å². The van der Waals surface area contributed by atoms with Crippen molar-refractivity contribution < 1.29 is 9.18 Å². The first-order chi connectivity index (χ1) is 12.2. The summed E-state index contributed by atoms with van der Waals surface area (Å²) >= 11 is 0. The Morgan fingerprint density at radius 2 is 1.64 bits per heavy atom. The van der Waals surface area contributed by atoms with E-state index in [0.717, 1.165) is 12.0 Å². The molecule has 4 heteroatoms. The molecule has 3 rings (SSSR count). The van der Waals surface area contributed by atoms with E-state index in [1.807, 2.05) is 42.5 Å². The summed E-state index contributed by atoms with van der Waals surface area (Å²) in [6.45, 7) is 1.05. The molecule has 0 fully saturated rings. The minimum atomic E-state index is -0.348. The molecule has 0 saturated carbocycles. The Morgan fingerprint density at radius 3 is 2.32 bits per heavy atom. The number of carbonyl (C=O) groups excluding carboxylic acids is 1. The fourth-order valence-electron chi connectivity index (χ4n) is 2.65. The van der Waals surface area contributed by atoms with Crippen molar-refractivity contribution in [1.29, 1.82) is 0 Å². The summed E-state index contributed by atoms with van der Waals surface area (Å²) in [6, 6.07) is 19.5. The van der Waals surface area contributed by atoms with E-state index >= 15 is 0 Å². The third-order valence-electron chi connectivity index (χ3n) is 3.99. The molecule has 0 spiro atoms. The second kappa shape index (κ2) is 8.20. The summed E-state index contributed by atoms with van der Waals surface area (Å²) in [5.74, 6) is -0.459. The molecule has 0 aliphatic heterocycles. The second-order valence-corrected chi connectivity index (χ2v) is 5.83. The minimum Gasteiger partial charge on any atom is -0.334 e. The van der Waals surface area contributed by atoms with Gasteiger partial charge in [-0.1, -0.05) is 36.4 Å². The second-order valence-electron chi connectivity index (χ2n) is 5.83. The molecule has 0 N–H and O–H groups in total. The van der Waals surface area contributed by atoms with Crippen LogP contribution >= 0.6 is 0 Å². The summed E-state index contributed by atoms with van der Waals surface area (Å²) in [5, 5.41) is 0. The fraction of sp³-hybridized carbons (Fsp3) is 0.143. The summed E-state index contributed by atoms with van der Waals surface area (Å²) < 4.78 is 13.1. The van der Waals surface area contributed by atoms with Crippen molar-refractivity contribution >= 4 is 5.91 Å². The van der Waals surface area contributed by atoms with Crippen LogP contribution < -0.4 is 0 Å². The number of hydrogen-bond acceptors (Lipinski definition) is 2. The molecule has 0 aliphatic carbocycles. The van der Waals surface area contributed by atoms with Gasteiger partial charge < -0.3 is 4.90 Å². The average Bonchev–Trinajstić information content (AvgIpc) is 2.67. The van der Waals surface area contributed by atoms with Gasteiger partial charge in [-0.05, 0) is 47.9 Å². The van der Waals surface area contributed by atoms with E-state index in [1.165, 1.54) is 29.8 Å². The zero-order valence-electron chi connectivity index (χ0n) is 13.8. The van der Waals surface area contributed by atoms with Crippen LogP contribution in [0.25, 0.3) is 0 Å². The number of carbonyl (C=O) groups is 1. The Morgan fingerprint density at radius 1 is 0.920 bits per heavy atom. The highest BCUT2D eigenvalue weighted by molar-refractivity contribution is 5.94. The average molecular weight is 334 g/mol. The lowest BCUT2D eigenvalue weighted by Crippen LogP contribution is -2.32. The molecule has 0 aliphatic rings. The third-order valence-corrected chi connectivity index (χ3v) is 3.99. The van der Waals surface area contributed by atoms with E-state index in [0.29, 0.717) is 18.7 Å². The van der Waals surface area contributed by atoms with Crippen LogP contribution in [0.3, 0.4) is 0 Å². The Bertz CT molecular complexity index is 804. The molecule has 1 aromatic heterocycles. The largest absolute Gasteiger partial charge is 0.334 e. The number of hydrogen-bond donors (Lipinski definition) is 0. The lowest BCUT2D eigenvalue weighted by molar-refractivity contribution is 0.0745. The topological polar surface area (TPSA) is 33.2 Å². The van der Waals surface area contributed by atoms with E-state index in [2.05, 4.69) is 4.98 Å². The molecular formula is C21H19FN2O. The number of halogens is 1. The number of nitrogens with zero attached hydrogens (tertiary/aromatic N) is 2. The van der Waals surface area contributed by atoms with Crippen LogP contribution in [0.1, 0.15) is 21.5 Å². The number of benzene rings is 2. The SMILES string of the molecule is O=C(c1ccc(F)cc1)N(CCc1ccccc1)Cc1cccnc1. The smallest absolute Gasteiger partial charge is 0.254 e. The first-order valence-corrected chi connectivity index (χ1v) is 8.20. The van der Waals surface area contributed by atoms with E-state index < -0.39 is 0 Å². The highest BCUT2D eigenvalue weighted by atomic mass is 19.1. The Labute approximate surface area is 146 Å². The van der Waals surface area contributed by atoms with Gasteiger partial charge in [0.05, 0.1) is 0 Å². The van der Waals surface area contributed by atoms with Crippen LogP contribution in [-0.2, 0) is 13.0 Å². The van der Waals surface area contributed by atoms with E-state index in [9.17, 15) is 9.18 Å². The van der Waals surface area contributed by atoms with Gasteiger partial charge in [-0.25, -0.2) is 4.39 Å². The van der Waals surface area contributed by atoms with Gasteiger partial charge >= 0.3 is 0 Å². The van der Waals surface area contributed by atoms with Gasteiger partial charge in [0, 0.05) is 31.0 Å². The highest BCUT2D eigenvalue weighted by Gasteiger charge is 2.16. The van der Waals surface area contributed by atoms with Crippen molar-refractivity contribution in [1.82, 2.24) is 9.88 Å². The van der Waals surface area contributed by atoms with Crippen molar-refractivity contribution in [2.45, 2.75) is 13.0 Å². The first-order valence-electron chi connectivity index (χ1n) is 8.20. The van der Waals surface area contributed by atoms with Crippen LogP contribution in [-0.4, -0.2) is 22.3 Å². The molecule has 2 aromatic carbocycles. The zero-order chi connectivity index (χ0) is 17.5. The van der Waals surface area contributed by atoms with Crippen molar-refractivity contribution in [3.63, 3.8) is 0 Å². The highest BCUT2D eigenvalue weighted by Crippen LogP contribution is 2.12. The van der Waals surface area contributed by atoms with Crippen LogP contribution in [0.15, 0.2) is 79.1 Å². The molecule has 0 bridgehead atoms. The summed E-state index contributed by atoms with van der Waals surface area (Å²) in [5.41, 5.74) is 2.62. The van der Waals surface area contributed by atoms with Gasteiger partial charge in [-0.15, -0.1) is 0 Å². The summed E-state index contributed by atoms with van der Waals surface area (Å²) in [4.78, 5) is 18.8. The van der Waals surface area contributed by atoms with Gasteiger partial charge in [0.2, 0.25) is 0 Å². The van der Waals surface area contributed by atoms with Gasteiger partial charge in [-0.3, -0.25) is 9.78 Å². The molecule has 0 saturated heterocycles. The molecule has 0 radical (unpaired) electrons. The molecule has 126 valence electrons. The van der Waals surface area contributed by atoms with Crippen molar-refractivity contribution in [2.75, 3.05) is 6.54 Å². The van der Waals surface area contributed by atoms with Crippen LogP contribution in [0, 0.1) is 5.82 Å². The van der Waals surface area contributed by atoms with Gasteiger partial charge in [0.25, 0.3) is 5.91 Å². The van der Waals surface area contributed by atoms with Crippen molar-refractivity contribution in [3.05, 3.63) is 102 Å². The van der Waals surface area contributed by atoms with E-state index in [4.69, 9.17) is 0 Å². The maximum absolute atomic E-state index is 13.1. The normalized spacial score (nSPS) is 10.4. The Kier molecular flexibility index (Phi) is 5.52. The van der Waals surface area contributed by atoms with Crippen molar-refractivity contribution in [2.24, 2.45) is 0 Å². The predicted molar refractivity (Wildman–Crippen MR) is 95.5 cm³/mol. The minimum absolute atomic E-state index is 0.111. The molecule has 0 atom stereocenters. The zero-order valence-corrected chi connectivity index (χ0v) is 13.8. The van der Waals surface area contributed by atoms with Gasteiger partial charge in [0.1, 0.15) is 5.82 Å². The maximum atomic E-state index is 13.1. The monoisotopic (exact) mass is 334 g/mol. The van der Waals surface area contributed by atoms with Crippen LogP contribution in [0.5, 0.6) is 0 Å². The van der Waals surface area contributed by atoms with Gasteiger partial charge in [0.15, 0.2) is 0 Å². The molecular weight excluding hydrogens is 315 g/mol. The molecule has 0 unspecified atom stereocenters. The molecule has 1 heterocycles. The van der Waals surface area contributed by atoms with Crippen LogP contribution in [0.2, 0.25) is 0 Å². The van der Waals surface area contributed by atoms with Crippen molar-refractivity contribution in [3.8, 4) is 0 Å². The molecule has 1 amide bonds. The lowest BCUT2D eigenvalue weighted by Gasteiger charge is -2.23. The van der Waals surface area contributed by atoms with Crippen LogP contribution in [0.4, 0.5) is 4.39 Å². The standard InChI is InChI=1S/C21H19FN2O/c22-20-10-8-19(9-11-20)21(25)24(16-18-7-4-13-23-15-18)14-12-17-5-2-1-3-6-17/h1-11,13,15H,12,14,16H2. The number of rotatable bonds is 6. The first kappa shape index (κ1) is 16.8.